The predicted octanol–water partition coefficient (Wildman–Crippen LogP) is 2.59. The molecule has 1 aliphatic heterocycles. The van der Waals surface area contributed by atoms with E-state index in [4.69, 9.17) is 5.73 Å². The Morgan fingerprint density at radius 1 is 1.38 bits per heavy atom. The average molecular weight is 292 g/mol. The molecule has 1 amide bonds. The Kier molecular flexibility index (Phi) is 5.34. The van der Waals surface area contributed by atoms with Crippen molar-refractivity contribution in [2.45, 2.75) is 39.2 Å². The quantitative estimate of drug-likeness (QED) is 0.927. The van der Waals surface area contributed by atoms with E-state index in [9.17, 15) is 9.18 Å². The van der Waals surface area contributed by atoms with Crippen LogP contribution in [0, 0.1) is 17.7 Å². The van der Waals surface area contributed by atoms with Crippen LogP contribution in [0.25, 0.3) is 0 Å². The topological polar surface area (TPSA) is 46.3 Å². The Bertz CT molecular complexity index is 481. The van der Waals surface area contributed by atoms with Gasteiger partial charge in [-0.2, -0.15) is 0 Å². The summed E-state index contributed by atoms with van der Waals surface area (Å²) in [5.41, 5.74) is 6.80. The number of carbonyl (C=O) groups excluding carboxylic acids is 1. The molecule has 2 atom stereocenters. The summed E-state index contributed by atoms with van der Waals surface area (Å²) in [6, 6.07) is 6.69. The van der Waals surface area contributed by atoms with Crippen molar-refractivity contribution in [1.82, 2.24) is 4.90 Å². The maximum absolute atomic E-state index is 13.2. The number of rotatable bonds is 4. The molecule has 0 aliphatic carbocycles. The van der Waals surface area contributed by atoms with E-state index in [1.807, 2.05) is 24.8 Å². The Labute approximate surface area is 126 Å². The van der Waals surface area contributed by atoms with E-state index >= 15 is 0 Å². The number of likely N-dealkylation sites (tertiary alicyclic amines) is 1. The van der Waals surface area contributed by atoms with Gasteiger partial charge in [0.1, 0.15) is 5.82 Å². The van der Waals surface area contributed by atoms with Gasteiger partial charge in [-0.15, -0.1) is 0 Å². The second kappa shape index (κ2) is 7.03. The van der Waals surface area contributed by atoms with Crippen molar-refractivity contribution in [2.75, 3.05) is 13.1 Å². The maximum atomic E-state index is 13.2. The van der Waals surface area contributed by atoms with Crippen molar-refractivity contribution in [1.29, 1.82) is 0 Å². The standard InChI is InChI=1S/C17H25FN2O/c1-12(10-14-4-3-5-16(18)11-14)17(21)20-8-6-15(7-9-20)13(2)19/h3-5,11-13,15H,6-10,19H2,1-2H3. The molecule has 1 aliphatic rings. The van der Waals surface area contributed by atoms with E-state index < -0.39 is 0 Å². The minimum Gasteiger partial charge on any atom is -0.342 e. The van der Waals surface area contributed by atoms with Gasteiger partial charge in [-0.1, -0.05) is 19.1 Å². The number of piperidine rings is 1. The Balaban J connectivity index is 1.88. The molecule has 2 N–H and O–H groups in total. The lowest BCUT2D eigenvalue weighted by atomic mass is 9.90. The zero-order valence-electron chi connectivity index (χ0n) is 12.9. The van der Waals surface area contributed by atoms with Gasteiger partial charge in [-0.25, -0.2) is 4.39 Å². The minimum absolute atomic E-state index is 0.112. The molecule has 1 saturated heterocycles. The molecule has 0 radical (unpaired) electrons. The molecule has 1 aromatic carbocycles. The third kappa shape index (κ3) is 4.27. The van der Waals surface area contributed by atoms with Crippen LogP contribution < -0.4 is 5.73 Å². The molecule has 2 rings (SSSR count). The van der Waals surface area contributed by atoms with Crippen LogP contribution in [0.3, 0.4) is 0 Å². The highest BCUT2D eigenvalue weighted by Gasteiger charge is 2.27. The Morgan fingerprint density at radius 3 is 2.62 bits per heavy atom. The summed E-state index contributed by atoms with van der Waals surface area (Å²) in [6.45, 7) is 5.54. The van der Waals surface area contributed by atoms with Gasteiger partial charge < -0.3 is 10.6 Å². The third-order valence-electron chi connectivity index (χ3n) is 4.45. The molecule has 0 aromatic heterocycles. The van der Waals surface area contributed by atoms with Crippen LogP contribution in [-0.2, 0) is 11.2 Å². The first-order valence-corrected chi connectivity index (χ1v) is 7.76. The monoisotopic (exact) mass is 292 g/mol. The molecule has 0 spiro atoms. The molecule has 1 aromatic rings. The highest BCUT2D eigenvalue weighted by molar-refractivity contribution is 5.78. The zero-order chi connectivity index (χ0) is 15.4. The number of nitrogens with zero attached hydrogens (tertiary/aromatic N) is 1. The summed E-state index contributed by atoms with van der Waals surface area (Å²) in [5, 5.41) is 0. The second-order valence-electron chi connectivity index (χ2n) is 6.26. The first-order valence-electron chi connectivity index (χ1n) is 7.76. The van der Waals surface area contributed by atoms with Gasteiger partial charge in [0.05, 0.1) is 0 Å². The van der Waals surface area contributed by atoms with Crippen LogP contribution in [0.1, 0.15) is 32.3 Å². The first-order chi connectivity index (χ1) is 9.97. The highest BCUT2D eigenvalue weighted by atomic mass is 19.1. The zero-order valence-corrected chi connectivity index (χ0v) is 12.9. The van der Waals surface area contributed by atoms with Crippen molar-refractivity contribution in [3.8, 4) is 0 Å². The highest BCUT2D eigenvalue weighted by Crippen LogP contribution is 2.22. The van der Waals surface area contributed by atoms with Crippen molar-refractivity contribution < 1.29 is 9.18 Å². The summed E-state index contributed by atoms with van der Waals surface area (Å²) in [7, 11) is 0. The number of amides is 1. The fourth-order valence-electron chi connectivity index (χ4n) is 3.06. The molecular weight excluding hydrogens is 267 g/mol. The van der Waals surface area contributed by atoms with Gasteiger partial charge in [0, 0.05) is 25.0 Å². The summed E-state index contributed by atoms with van der Waals surface area (Å²) in [5.74, 6) is 0.332. The molecule has 116 valence electrons. The smallest absolute Gasteiger partial charge is 0.225 e. The number of hydrogen-bond donors (Lipinski definition) is 1. The Hall–Kier alpha value is -1.42. The summed E-state index contributed by atoms with van der Waals surface area (Å²) < 4.78 is 13.2. The Morgan fingerprint density at radius 2 is 2.05 bits per heavy atom. The van der Waals surface area contributed by atoms with E-state index in [1.165, 1.54) is 12.1 Å². The van der Waals surface area contributed by atoms with Crippen molar-refractivity contribution in [3.05, 3.63) is 35.6 Å². The van der Waals surface area contributed by atoms with Crippen LogP contribution in [0.2, 0.25) is 0 Å². The number of halogens is 1. The van der Waals surface area contributed by atoms with Gasteiger partial charge in [-0.05, 0) is 49.8 Å². The van der Waals surface area contributed by atoms with Crippen LogP contribution in [-0.4, -0.2) is 29.9 Å². The molecule has 3 nitrogen and oxygen atoms in total. The van der Waals surface area contributed by atoms with Gasteiger partial charge in [0.15, 0.2) is 0 Å². The van der Waals surface area contributed by atoms with E-state index in [0.29, 0.717) is 12.3 Å². The van der Waals surface area contributed by atoms with Gasteiger partial charge in [0.2, 0.25) is 5.91 Å². The van der Waals surface area contributed by atoms with Gasteiger partial charge in [0.25, 0.3) is 0 Å². The maximum Gasteiger partial charge on any atom is 0.225 e. The fourth-order valence-corrected chi connectivity index (χ4v) is 3.06. The summed E-state index contributed by atoms with van der Waals surface area (Å²) in [4.78, 5) is 14.4. The van der Waals surface area contributed by atoms with Crippen LogP contribution in [0.4, 0.5) is 4.39 Å². The van der Waals surface area contributed by atoms with E-state index in [-0.39, 0.29) is 23.7 Å². The largest absolute Gasteiger partial charge is 0.342 e. The average Bonchev–Trinajstić information content (AvgIpc) is 2.46. The molecule has 2 unspecified atom stereocenters. The van der Waals surface area contributed by atoms with Gasteiger partial charge in [-0.3, -0.25) is 4.79 Å². The predicted molar refractivity (Wildman–Crippen MR) is 82.2 cm³/mol. The lowest BCUT2D eigenvalue weighted by Gasteiger charge is -2.35. The fraction of sp³-hybridized carbons (Fsp3) is 0.588. The molecule has 0 saturated carbocycles. The van der Waals surface area contributed by atoms with E-state index in [2.05, 4.69) is 0 Å². The lowest BCUT2D eigenvalue weighted by molar-refractivity contribution is -0.136. The third-order valence-corrected chi connectivity index (χ3v) is 4.45. The van der Waals surface area contributed by atoms with Gasteiger partial charge >= 0.3 is 0 Å². The number of hydrogen-bond acceptors (Lipinski definition) is 2. The van der Waals surface area contributed by atoms with Crippen LogP contribution in [0.5, 0.6) is 0 Å². The minimum atomic E-state index is -0.245. The lowest BCUT2D eigenvalue weighted by Crippen LogP contribution is -2.44. The van der Waals surface area contributed by atoms with E-state index in [1.54, 1.807) is 6.07 Å². The SMILES string of the molecule is CC(Cc1cccc(F)c1)C(=O)N1CCC(C(C)N)CC1. The molecule has 21 heavy (non-hydrogen) atoms. The van der Waals surface area contributed by atoms with Crippen LogP contribution in [0.15, 0.2) is 24.3 Å². The van der Waals surface area contributed by atoms with E-state index in [0.717, 1.165) is 31.5 Å². The number of benzene rings is 1. The molecule has 1 fully saturated rings. The summed E-state index contributed by atoms with van der Waals surface area (Å²) >= 11 is 0. The molecule has 1 heterocycles. The number of nitrogens with two attached hydrogens (primary N) is 1. The summed E-state index contributed by atoms with van der Waals surface area (Å²) in [6.07, 6.45) is 2.55. The molecule has 0 bridgehead atoms. The van der Waals surface area contributed by atoms with Crippen molar-refractivity contribution in [3.63, 3.8) is 0 Å². The second-order valence-corrected chi connectivity index (χ2v) is 6.26. The normalized spacial score (nSPS) is 19.3. The molecule has 4 heteroatoms. The van der Waals surface area contributed by atoms with Crippen molar-refractivity contribution in [2.24, 2.45) is 17.6 Å². The van der Waals surface area contributed by atoms with Crippen molar-refractivity contribution >= 4 is 5.91 Å². The number of carbonyl (C=O) groups is 1. The molecular formula is C17H25FN2O. The first kappa shape index (κ1) is 16.0. The van der Waals surface area contributed by atoms with Crippen LogP contribution >= 0.6 is 0 Å².